The van der Waals surface area contributed by atoms with Crippen LogP contribution in [0.4, 0.5) is 0 Å². The van der Waals surface area contributed by atoms with Gasteiger partial charge in [-0.15, -0.1) is 0 Å². The van der Waals surface area contributed by atoms with Crippen LogP contribution in [0.15, 0.2) is 18.2 Å². The smallest absolute Gasteiger partial charge is 0.176 e. The Balaban J connectivity index is 2.28. The Labute approximate surface area is 127 Å². The molecular formula is C16H25ClN2O. The molecule has 0 aliphatic carbocycles. The monoisotopic (exact) mass is 296 g/mol. The van der Waals surface area contributed by atoms with E-state index in [0.29, 0.717) is 11.6 Å². The molecule has 0 aromatic heterocycles. The molecule has 0 aliphatic heterocycles. The number of Topliss-reactive ketones (excluding diaryl/α,β-unsaturated/α-hetero) is 1. The van der Waals surface area contributed by atoms with Crippen LogP contribution in [0.1, 0.15) is 36.2 Å². The summed E-state index contributed by atoms with van der Waals surface area (Å²) < 4.78 is 0. The predicted molar refractivity (Wildman–Crippen MR) is 85.8 cm³/mol. The van der Waals surface area contributed by atoms with Gasteiger partial charge in [0.05, 0.1) is 6.54 Å². The minimum atomic E-state index is 0.118. The zero-order valence-corrected chi connectivity index (χ0v) is 13.5. The van der Waals surface area contributed by atoms with Gasteiger partial charge in [0.1, 0.15) is 0 Å². The first-order valence-corrected chi connectivity index (χ1v) is 7.68. The minimum absolute atomic E-state index is 0.118. The molecule has 0 heterocycles. The standard InChI is InChI=1S/C16H25ClN2O/c1-4-19(5-2)10-6-9-18-12-16(20)14-7-8-15(17)13(3)11-14/h7-8,11,18H,4-6,9-10,12H2,1-3H3. The van der Waals surface area contributed by atoms with E-state index in [0.717, 1.165) is 43.7 Å². The van der Waals surface area contributed by atoms with Crippen LogP contribution in [0.3, 0.4) is 0 Å². The Morgan fingerprint density at radius 1 is 1.30 bits per heavy atom. The first-order valence-electron chi connectivity index (χ1n) is 7.30. The number of ketones is 1. The molecule has 0 unspecified atom stereocenters. The predicted octanol–water partition coefficient (Wildman–Crippen LogP) is 3.15. The molecule has 3 nitrogen and oxygen atoms in total. The van der Waals surface area contributed by atoms with E-state index >= 15 is 0 Å². The number of hydrogen-bond donors (Lipinski definition) is 1. The second-order valence-corrected chi connectivity index (χ2v) is 5.35. The van der Waals surface area contributed by atoms with Crippen molar-refractivity contribution in [3.63, 3.8) is 0 Å². The summed E-state index contributed by atoms with van der Waals surface area (Å²) in [6.45, 7) is 10.8. The lowest BCUT2D eigenvalue weighted by atomic mass is 10.1. The lowest BCUT2D eigenvalue weighted by Crippen LogP contribution is -2.29. The molecule has 4 heteroatoms. The SMILES string of the molecule is CCN(CC)CCCNCC(=O)c1ccc(Cl)c(C)c1. The first-order chi connectivity index (χ1) is 9.58. The van der Waals surface area contributed by atoms with Crippen LogP contribution >= 0.6 is 11.6 Å². The van der Waals surface area contributed by atoms with Gasteiger partial charge in [0.2, 0.25) is 0 Å². The van der Waals surface area contributed by atoms with Crippen molar-refractivity contribution in [2.24, 2.45) is 0 Å². The Hall–Kier alpha value is -0.900. The highest BCUT2D eigenvalue weighted by Crippen LogP contribution is 2.16. The van der Waals surface area contributed by atoms with Gasteiger partial charge in [-0.3, -0.25) is 4.79 Å². The van der Waals surface area contributed by atoms with Gasteiger partial charge in [-0.25, -0.2) is 0 Å². The van der Waals surface area contributed by atoms with Crippen LogP contribution < -0.4 is 5.32 Å². The quantitative estimate of drug-likeness (QED) is 0.561. The maximum absolute atomic E-state index is 12.0. The third-order valence-corrected chi connectivity index (χ3v) is 3.91. The Kier molecular flexibility index (Phi) is 7.82. The average Bonchev–Trinajstić information content (AvgIpc) is 2.45. The molecule has 1 N–H and O–H groups in total. The number of carbonyl (C=O) groups is 1. The zero-order valence-electron chi connectivity index (χ0n) is 12.7. The zero-order chi connectivity index (χ0) is 15.0. The number of nitrogens with one attached hydrogen (secondary N) is 1. The van der Waals surface area contributed by atoms with Crippen LogP contribution in [0.5, 0.6) is 0 Å². The van der Waals surface area contributed by atoms with E-state index in [1.807, 2.05) is 13.0 Å². The second-order valence-electron chi connectivity index (χ2n) is 4.94. The highest BCUT2D eigenvalue weighted by Gasteiger charge is 2.07. The lowest BCUT2D eigenvalue weighted by molar-refractivity contribution is 0.0991. The van der Waals surface area contributed by atoms with Crippen molar-refractivity contribution in [1.29, 1.82) is 0 Å². The lowest BCUT2D eigenvalue weighted by Gasteiger charge is -2.17. The number of benzene rings is 1. The Morgan fingerprint density at radius 2 is 2.00 bits per heavy atom. The molecule has 0 saturated heterocycles. The maximum atomic E-state index is 12.0. The number of hydrogen-bond acceptors (Lipinski definition) is 3. The van der Waals surface area contributed by atoms with Gasteiger partial charge in [-0.1, -0.05) is 25.4 Å². The van der Waals surface area contributed by atoms with Crippen molar-refractivity contribution in [3.8, 4) is 0 Å². The summed E-state index contributed by atoms with van der Waals surface area (Å²) in [5, 5.41) is 3.91. The van der Waals surface area contributed by atoms with Crippen LogP contribution in [0.2, 0.25) is 5.02 Å². The Morgan fingerprint density at radius 3 is 2.60 bits per heavy atom. The average molecular weight is 297 g/mol. The van der Waals surface area contributed by atoms with E-state index in [9.17, 15) is 4.79 Å². The van der Waals surface area contributed by atoms with Gasteiger partial charge in [0, 0.05) is 10.6 Å². The molecule has 0 bridgehead atoms. The maximum Gasteiger partial charge on any atom is 0.176 e. The molecular weight excluding hydrogens is 272 g/mol. The van der Waals surface area contributed by atoms with Gasteiger partial charge >= 0.3 is 0 Å². The number of carbonyl (C=O) groups excluding carboxylic acids is 1. The highest BCUT2D eigenvalue weighted by atomic mass is 35.5. The molecule has 0 aliphatic rings. The summed E-state index contributed by atoms with van der Waals surface area (Å²) in [6.07, 6.45) is 1.06. The van der Waals surface area contributed by atoms with Crippen molar-refractivity contribution >= 4 is 17.4 Å². The summed E-state index contributed by atoms with van der Waals surface area (Å²) in [5.41, 5.74) is 1.67. The molecule has 0 radical (unpaired) electrons. The second kappa shape index (κ2) is 9.11. The third kappa shape index (κ3) is 5.61. The van der Waals surface area contributed by atoms with Crippen molar-refractivity contribution < 1.29 is 4.79 Å². The summed E-state index contributed by atoms with van der Waals surface area (Å²) in [7, 11) is 0. The fourth-order valence-electron chi connectivity index (χ4n) is 2.09. The molecule has 20 heavy (non-hydrogen) atoms. The van der Waals surface area contributed by atoms with E-state index in [-0.39, 0.29) is 5.78 Å². The fraction of sp³-hybridized carbons (Fsp3) is 0.562. The van der Waals surface area contributed by atoms with E-state index in [2.05, 4.69) is 24.1 Å². The van der Waals surface area contributed by atoms with E-state index in [4.69, 9.17) is 11.6 Å². The highest BCUT2D eigenvalue weighted by molar-refractivity contribution is 6.31. The number of halogens is 1. The largest absolute Gasteiger partial charge is 0.310 e. The van der Waals surface area contributed by atoms with Crippen molar-refractivity contribution in [3.05, 3.63) is 34.3 Å². The fourth-order valence-corrected chi connectivity index (χ4v) is 2.21. The van der Waals surface area contributed by atoms with Gasteiger partial charge in [0.25, 0.3) is 0 Å². The van der Waals surface area contributed by atoms with E-state index < -0.39 is 0 Å². The van der Waals surface area contributed by atoms with Crippen molar-refractivity contribution in [1.82, 2.24) is 10.2 Å². The molecule has 112 valence electrons. The van der Waals surface area contributed by atoms with E-state index in [1.165, 1.54) is 0 Å². The molecule has 1 aromatic carbocycles. The topological polar surface area (TPSA) is 32.3 Å². The summed E-state index contributed by atoms with van der Waals surface area (Å²) in [6, 6.07) is 5.42. The molecule has 0 fully saturated rings. The molecule has 0 amide bonds. The van der Waals surface area contributed by atoms with Crippen molar-refractivity contribution in [2.75, 3.05) is 32.7 Å². The van der Waals surface area contributed by atoms with Gasteiger partial charge in [0.15, 0.2) is 5.78 Å². The van der Waals surface area contributed by atoms with Crippen LogP contribution in [-0.2, 0) is 0 Å². The molecule has 0 saturated carbocycles. The van der Waals surface area contributed by atoms with Crippen LogP contribution in [0.25, 0.3) is 0 Å². The first kappa shape index (κ1) is 17.2. The van der Waals surface area contributed by atoms with Crippen molar-refractivity contribution in [2.45, 2.75) is 27.2 Å². The number of aryl methyl sites for hydroxylation is 1. The van der Waals surface area contributed by atoms with E-state index in [1.54, 1.807) is 12.1 Å². The minimum Gasteiger partial charge on any atom is -0.310 e. The molecule has 1 aromatic rings. The number of nitrogens with zero attached hydrogens (tertiary/aromatic N) is 1. The summed E-state index contributed by atoms with van der Waals surface area (Å²) >= 11 is 5.96. The summed E-state index contributed by atoms with van der Waals surface area (Å²) in [5.74, 6) is 0.118. The summed E-state index contributed by atoms with van der Waals surface area (Å²) in [4.78, 5) is 14.4. The molecule has 0 atom stereocenters. The van der Waals surface area contributed by atoms with Gasteiger partial charge in [-0.2, -0.15) is 0 Å². The normalized spacial score (nSPS) is 11.1. The Bertz CT molecular complexity index is 430. The van der Waals surface area contributed by atoms with Gasteiger partial charge in [-0.05, 0) is 63.3 Å². The molecule has 1 rings (SSSR count). The van der Waals surface area contributed by atoms with Gasteiger partial charge < -0.3 is 10.2 Å². The molecule has 0 spiro atoms. The third-order valence-electron chi connectivity index (χ3n) is 3.49. The van der Waals surface area contributed by atoms with Crippen LogP contribution in [0, 0.1) is 6.92 Å². The number of rotatable bonds is 9. The van der Waals surface area contributed by atoms with Crippen LogP contribution in [-0.4, -0.2) is 43.4 Å².